The average Bonchev–Trinajstić information content (AvgIpc) is 2.54. The fourth-order valence-electron chi connectivity index (χ4n) is 1.76. The Labute approximate surface area is 140 Å². The van der Waals surface area contributed by atoms with Crippen LogP contribution in [0, 0.1) is 0 Å². The Hall–Kier alpha value is -2.29. The first kappa shape index (κ1) is 18.8. The quantitative estimate of drug-likeness (QED) is 0.734. The van der Waals surface area contributed by atoms with Crippen molar-refractivity contribution >= 4 is 12.2 Å². The van der Waals surface area contributed by atoms with Crippen LogP contribution in [0.25, 0.3) is 12.2 Å². The third kappa shape index (κ3) is 7.50. The summed E-state index contributed by atoms with van der Waals surface area (Å²) in [5.74, 6) is 1.13. The van der Waals surface area contributed by atoms with E-state index in [2.05, 4.69) is 31.0 Å². The molecule has 0 N–H and O–H groups in total. The number of hydrogen-bond acceptors (Lipinski definition) is 3. The molecule has 2 rings (SSSR count). The highest BCUT2D eigenvalue weighted by Gasteiger charge is 2.04. The molecule has 124 valence electrons. The van der Waals surface area contributed by atoms with Crippen LogP contribution in [-0.4, -0.2) is 18.2 Å². The van der Waals surface area contributed by atoms with Crippen LogP contribution in [-0.2, 0) is 0 Å². The Morgan fingerprint density at radius 1 is 0.957 bits per heavy atom. The molecular formula is C20H27NO2. The Balaban J connectivity index is 0.000000816. The van der Waals surface area contributed by atoms with E-state index in [1.165, 1.54) is 6.42 Å². The first-order chi connectivity index (χ1) is 11.1. The highest BCUT2D eigenvalue weighted by atomic mass is 16.5. The SMILES string of the molecule is CCC.COc1cc(/C=C/c2ccccc2)cc(OC(C)C)n1. The van der Waals surface area contributed by atoms with Gasteiger partial charge in [-0.05, 0) is 25.0 Å². The maximum Gasteiger partial charge on any atom is 0.217 e. The van der Waals surface area contributed by atoms with Crippen molar-refractivity contribution < 1.29 is 9.47 Å². The van der Waals surface area contributed by atoms with Gasteiger partial charge in [0.25, 0.3) is 0 Å². The van der Waals surface area contributed by atoms with E-state index in [9.17, 15) is 0 Å². The summed E-state index contributed by atoms with van der Waals surface area (Å²) < 4.78 is 10.8. The van der Waals surface area contributed by atoms with Gasteiger partial charge in [-0.25, -0.2) is 0 Å². The van der Waals surface area contributed by atoms with Gasteiger partial charge in [-0.3, -0.25) is 0 Å². The molecule has 0 aliphatic heterocycles. The van der Waals surface area contributed by atoms with Gasteiger partial charge in [0.1, 0.15) is 0 Å². The van der Waals surface area contributed by atoms with Crippen molar-refractivity contribution in [3.63, 3.8) is 0 Å². The molecule has 2 aromatic rings. The molecular weight excluding hydrogens is 286 g/mol. The predicted octanol–water partition coefficient (Wildman–Crippen LogP) is 5.46. The summed E-state index contributed by atoms with van der Waals surface area (Å²) in [6.07, 6.45) is 5.40. The molecule has 0 saturated heterocycles. The van der Waals surface area contributed by atoms with E-state index >= 15 is 0 Å². The van der Waals surface area contributed by atoms with Gasteiger partial charge in [-0.2, -0.15) is 4.98 Å². The lowest BCUT2D eigenvalue weighted by Crippen LogP contribution is -2.07. The molecule has 0 aliphatic rings. The molecule has 0 saturated carbocycles. The van der Waals surface area contributed by atoms with Gasteiger partial charge >= 0.3 is 0 Å². The van der Waals surface area contributed by atoms with Crippen LogP contribution in [0.3, 0.4) is 0 Å². The Bertz CT molecular complexity index is 592. The summed E-state index contributed by atoms with van der Waals surface area (Å²) in [5.41, 5.74) is 2.14. The molecule has 0 fully saturated rings. The van der Waals surface area contributed by atoms with E-state index in [0.717, 1.165) is 11.1 Å². The number of nitrogens with zero attached hydrogens (tertiary/aromatic N) is 1. The second-order valence-corrected chi connectivity index (χ2v) is 5.40. The van der Waals surface area contributed by atoms with Gasteiger partial charge in [0, 0.05) is 12.1 Å². The molecule has 23 heavy (non-hydrogen) atoms. The van der Waals surface area contributed by atoms with E-state index in [0.29, 0.717) is 11.8 Å². The third-order valence-electron chi connectivity index (χ3n) is 2.63. The third-order valence-corrected chi connectivity index (χ3v) is 2.63. The topological polar surface area (TPSA) is 31.4 Å². The van der Waals surface area contributed by atoms with Crippen LogP contribution in [0.1, 0.15) is 45.2 Å². The second-order valence-electron chi connectivity index (χ2n) is 5.40. The summed E-state index contributed by atoms with van der Waals surface area (Å²) in [4.78, 5) is 4.27. The molecule has 0 spiro atoms. The Morgan fingerprint density at radius 3 is 2.09 bits per heavy atom. The summed E-state index contributed by atoms with van der Waals surface area (Å²) in [6, 6.07) is 13.9. The van der Waals surface area contributed by atoms with Crippen molar-refractivity contribution in [3.05, 3.63) is 53.6 Å². The minimum atomic E-state index is 0.0839. The van der Waals surface area contributed by atoms with Crippen LogP contribution in [0.15, 0.2) is 42.5 Å². The number of methoxy groups -OCH3 is 1. The Kier molecular flexibility index (Phi) is 8.51. The number of benzene rings is 1. The molecule has 0 amide bonds. The van der Waals surface area contributed by atoms with Crippen molar-refractivity contribution in [3.8, 4) is 11.8 Å². The molecule has 1 aromatic heterocycles. The fraction of sp³-hybridized carbons (Fsp3) is 0.350. The smallest absolute Gasteiger partial charge is 0.217 e. The van der Waals surface area contributed by atoms with Gasteiger partial charge < -0.3 is 9.47 Å². The van der Waals surface area contributed by atoms with Crippen LogP contribution >= 0.6 is 0 Å². The fourth-order valence-corrected chi connectivity index (χ4v) is 1.76. The zero-order chi connectivity index (χ0) is 17.1. The lowest BCUT2D eigenvalue weighted by molar-refractivity contribution is 0.229. The van der Waals surface area contributed by atoms with Crippen LogP contribution < -0.4 is 9.47 Å². The van der Waals surface area contributed by atoms with E-state index < -0.39 is 0 Å². The lowest BCUT2D eigenvalue weighted by Gasteiger charge is -2.10. The van der Waals surface area contributed by atoms with Gasteiger partial charge in [-0.15, -0.1) is 0 Å². The van der Waals surface area contributed by atoms with Crippen molar-refractivity contribution in [2.75, 3.05) is 7.11 Å². The predicted molar refractivity (Wildman–Crippen MR) is 97.9 cm³/mol. The van der Waals surface area contributed by atoms with Crippen LogP contribution in [0.5, 0.6) is 11.8 Å². The zero-order valence-electron chi connectivity index (χ0n) is 14.7. The highest BCUT2D eigenvalue weighted by molar-refractivity contribution is 5.70. The molecule has 0 atom stereocenters. The van der Waals surface area contributed by atoms with Crippen molar-refractivity contribution in [1.29, 1.82) is 0 Å². The Morgan fingerprint density at radius 2 is 1.52 bits per heavy atom. The van der Waals surface area contributed by atoms with Gasteiger partial charge in [-0.1, -0.05) is 62.8 Å². The minimum absolute atomic E-state index is 0.0839. The van der Waals surface area contributed by atoms with Crippen molar-refractivity contribution in [2.45, 2.75) is 40.2 Å². The van der Waals surface area contributed by atoms with Crippen molar-refractivity contribution in [1.82, 2.24) is 4.98 Å². The number of ether oxygens (including phenoxy) is 2. The molecule has 0 bridgehead atoms. The van der Waals surface area contributed by atoms with E-state index in [4.69, 9.17) is 9.47 Å². The average molecular weight is 313 g/mol. The lowest BCUT2D eigenvalue weighted by atomic mass is 10.1. The summed E-state index contributed by atoms with van der Waals surface area (Å²) in [5, 5.41) is 0. The molecule has 1 heterocycles. The van der Waals surface area contributed by atoms with Gasteiger partial charge in [0.15, 0.2) is 0 Å². The maximum absolute atomic E-state index is 5.62. The monoisotopic (exact) mass is 313 g/mol. The first-order valence-corrected chi connectivity index (χ1v) is 8.04. The highest BCUT2D eigenvalue weighted by Crippen LogP contribution is 2.20. The van der Waals surface area contributed by atoms with Crippen LogP contribution in [0.2, 0.25) is 0 Å². The van der Waals surface area contributed by atoms with Crippen molar-refractivity contribution in [2.24, 2.45) is 0 Å². The maximum atomic E-state index is 5.62. The normalized spacial score (nSPS) is 10.3. The molecule has 3 nitrogen and oxygen atoms in total. The van der Waals surface area contributed by atoms with E-state index in [-0.39, 0.29) is 6.10 Å². The van der Waals surface area contributed by atoms with Gasteiger partial charge in [0.2, 0.25) is 11.8 Å². The second kappa shape index (κ2) is 10.4. The summed E-state index contributed by atoms with van der Waals surface area (Å²) >= 11 is 0. The minimum Gasteiger partial charge on any atom is -0.481 e. The molecule has 1 aromatic carbocycles. The summed E-state index contributed by atoms with van der Waals surface area (Å²) in [6.45, 7) is 8.20. The standard InChI is InChI=1S/C17H19NO2.C3H8/c1-13(2)20-17-12-15(11-16(18-17)19-3)10-9-14-7-5-4-6-8-14;1-3-2/h4-13H,1-3H3;3H2,1-2H3/b10-9+;. The molecule has 0 unspecified atom stereocenters. The molecule has 0 radical (unpaired) electrons. The first-order valence-electron chi connectivity index (χ1n) is 8.04. The number of hydrogen-bond donors (Lipinski definition) is 0. The number of aromatic nitrogens is 1. The summed E-state index contributed by atoms with van der Waals surface area (Å²) in [7, 11) is 1.60. The number of rotatable bonds is 5. The largest absolute Gasteiger partial charge is 0.481 e. The zero-order valence-corrected chi connectivity index (χ0v) is 14.7. The number of pyridine rings is 1. The van der Waals surface area contributed by atoms with E-state index in [1.807, 2.05) is 56.3 Å². The molecule has 3 heteroatoms. The van der Waals surface area contributed by atoms with E-state index in [1.54, 1.807) is 7.11 Å². The van der Waals surface area contributed by atoms with Crippen LogP contribution in [0.4, 0.5) is 0 Å². The molecule has 0 aliphatic carbocycles. The van der Waals surface area contributed by atoms with Gasteiger partial charge in [0.05, 0.1) is 13.2 Å².